The van der Waals surface area contributed by atoms with Crippen molar-refractivity contribution >= 4 is 33.3 Å². The third-order valence-electron chi connectivity index (χ3n) is 5.69. The maximum absolute atomic E-state index is 13.8. The van der Waals surface area contributed by atoms with Gasteiger partial charge in [0.25, 0.3) is 5.56 Å². The molecule has 0 atom stereocenters. The van der Waals surface area contributed by atoms with Gasteiger partial charge in [0.1, 0.15) is 16.3 Å². The van der Waals surface area contributed by atoms with Crippen LogP contribution < -0.4 is 15.0 Å². The lowest BCUT2D eigenvalue weighted by Gasteiger charge is -2.14. The number of nitrogens with zero attached hydrogens (tertiary/aromatic N) is 2. The van der Waals surface area contributed by atoms with Crippen molar-refractivity contribution < 1.29 is 9.47 Å². The van der Waals surface area contributed by atoms with Crippen LogP contribution in [0.2, 0.25) is 0 Å². The van der Waals surface area contributed by atoms with Crippen molar-refractivity contribution in [2.75, 3.05) is 19.0 Å². The van der Waals surface area contributed by atoms with E-state index in [4.69, 9.17) is 14.5 Å². The zero-order valence-electron chi connectivity index (χ0n) is 18.6. The number of aryl methyl sites for hydroxylation is 2. The molecule has 0 N–H and O–H groups in total. The molecule has 0 saturated heterocycles. The number of fused-ring (bicyclic) bond motifs is 3. The van der Waals surface area contributed by atoms with Crippen LogP contribution in [0.3, 0.4) is 0 Å². The van der Waals surface area contributed by atoms with E-state index in [0.717, 1.165) is 46.7 Å². The van der Waals surface area contributed by atoms with Gasteiger partial charge in [-0.3, -0.25) is 9.36 Å². The molecule has 0 unspecified atom stereocenters. The Morgan fingerprint density at radius 2 is 1.76 bits per heavy atom. The predicted molar refractivity (Wildman–Crippen MR) is 136 cm³/mol. The minimum Gasteiger partial charge on any atom is -0.494 e. The third kappa shape index (κ3) is 4.66. The molecule has 1 aliphatic carbocycles. The molecule has 5 nitrogen and oxygen atoms in total. The molecule has 33 heavy (non-hydrogen) atoms. The Labute approximate surface area is 201 Å². The van der Waals surface area contributed by atoms with Gasteiger partial charge in [0.05, 0.1) is 24.3 Å². The Bertz CT molecular complexity index is 1300. The van der Waals surface area contributed by atoms with Crippen molar-refractivity contribution in [1.29, 1.82) is 0 Å². The standard InChI is InChI=1S/C26H26N2O3S2/c1-2-30-20-14-12-18(13-15-20)28-25(29)23-21-10-6-7-11-22(21)33-24(23)27-26(28)32-17-16-31-19-8-4-3-5-9-19/h3-5,8-9,12-15H,2,6-7,10-11,16-17H2,1H3. The molecule has 2 aromatic heterocycles. The van der Waals surface area contributed by atoms with E-state index in [2.05, 4.69) is 0 Å². The molecule has 170 valence electrons. The van der Waals surface area contributed by atoms with E-state index in [9.17, 15) is 4.79 Å². The van der Waals surface area contributed by atoms with Crippen LogP contribution in [0.5, 0.6) is 11.5 Å². The number of aromatic nitrogens is 2. The highest BCUT2D eigenvalue weighted by Gasteiger charge is 2.23. The lowest BCUT2D eigenvalue weighted by atomic mass is 9.97. The molecule has 0 radical (unpaired) electrons. The van der Waals surface area contributed by atoms with Gasteiger partial charge < -0.3 is 9.47 Å². The molecular weight excluding hydrogens is 452 g/mol. The van der Waals surface area contributed by atoms with Crippen LogP contribution in [-0.2, 0) is 12.8 Å². The van der Waals surface area contributed by atoms with Crippen molar-refractivity contribution in [1.82, 2.24) is 9.55 Å². The Morgan fingerprint density at radius 1 is 1.00 bits per heavy atom. The second-order valence-electron chi connectivity index (χ2n) is 7.86. The average molecular weight is 479 g/mol. The van der Waals surface area contributed by atoms with E-state index in [0.29, 0.717) is 24.1 Å². The molecule has 0 aliphatic heterocycles. The second-order valence-corrected chi connectivity index (χ2v) is 10.0. The Hall–Kier alpha value is -2.77. The van der Waals surface area contributed by atoms with Gasteiger partial charge >= 0.3 is 0 Å². The van der Waals surface area contributed by atoms with Crippen LogP contribution in [0.4, 0.5) is 0 Å². The fourth-order valence-corrected chi connectivity index (χ4v) is 6.31. The molecule has 2 aromatic carbocycles. The second kappa shape index (κ2) is 10.0. The van der Waals surface area contributed by atoms with Crippen LogP contribution in [0.1, 0.15) is 30.2 Å². The van der Waals surface area contributed by atoms with Crippen LogP contribution in [-0.4, -0.2) is 28.5 Å². The number of rotatable bonds is 8. The van der Waals surface area contributed by atoms with E-state index >= 15 is 0 Å². The van der Waals surface area contributed by atoms with Gasteiger partial charge in [-0.05, 0) is 74.6 Å². The van der Waals surface area contributed by atoms with Crippen LogP contribution in [0.25, 0.3) is 15.9 Å². The van der Waals surface area contributed by atoms with Crippen LogP contribution in [0, 0.1) is 0 Å². The summed E-state index contributed by atoms with van der Waals surface area (Å²) in [5, 5.41) is 1.50. The summed E-state index contributed by atoms with van der Waals surface area (Å²) in [5.74, 6) is 2.33. The molecule has 5 rings (SSSR count). The Balaban J connectivity index is 1.50. The summed E-state index contributed by atoms with van der Waals surface area (Å²) in [6.07, 6.45) is 4.33. The quantitative estimate of drug-likeness (QED) is 0.179. The van der Waals surface area contributed by atoms with Crippen molar-refractivity contribution in [2.45, 2.75) is 37.8 Å². The molecule has 4 aromatic rings. The zero-order valence-corrected chi connectivity index (χ0v) is 20.2. The SMILES string of the molecule is CCOc1ccc(-n2c(SCCOc3ccccc3)nc3sc4c(c3c2=O)CCCC4)cc1. The zero-order chi connectivity index (χ0) is 22.6. The molecule has 0 saturated carbocycles. The van der Waals surface area contributed by atoms with Gasteiger partial charge in [-0.15, -0.1) is 11.3 Å². The molecule has 2 heterocycles. The lowest BCUT2D eigenvalue weighted by Crippen LogP contribution is -2.22. The van der Waals surface area contributed by atoms with Gasteiger partial charge in [-0.1, -0.05) is 30.0 Å². The molecular formula is C26H26N2O3S2. The largest absolute Gasteiger partial charge is 0.494 e. The molecule has 0 bridgehead atoms. The van der Waals surface area contributed by atoms with E-state index in [1.54, 1.807) is 27.7 Å². The number of thioether (sulfide) groups is 1. The number of para-hydroxylation sites is 1. The van der Waals surface area contributed by atoms with Gasteiger partial charge in [0.15, 0.2) is 5.16 Å². The first-order chi connectivity index (χ1) is 16.2. The topological polar surface area (TPSA) is 53.4 Å². The molecule has 0 fully saturated rings. The maximum atomic E-state index is 13.8. The highest BCUT2D eigenvalue weighted by molar-refractivity contribution is 7.99. The third-order valence-corrected chi connectivity index (χ3v) is 7.78. The molecule has 0 spiro atoms. The normalized spacial score (nSPS) is 13.1. The van der Waals surface area contributed by atoms with Gasteiger partial charge in [0, 0.05) is 10.6 Å². The maximum Gasteiger partial charge on any atom is 0.267 e. The number of thiophene rings is 1. The summed E-state index contributed by atoms with van der Waals surface area (Å²) in [4.78, 5) is 21.0. The number of hydrogen-bond acceptors (Lipinski definition) is 6. The first-order valence-electron chi connectivity index (χ1n) is 11.4. The van der Waals surface area contributed by atoms with Crippen molar-refractivity contribution in [3.8, 4) is 17.2 Å². The smallest absolute Gasteiger partial charge is 0.267 e. The Kier molecular flexibility index (Phi) is 6.69. The highest BCUT2D eigenvalue weighted by atomic mass is 32.2. The summed E-state index contributed by atoms with van der Waals surface area (Å²) in [7, 11) is 0. The first kappa shape index (κ1) is 22.0. The van der Waals surface area contributed by atoms with Crippen molar-refractivity contribution in [3.05, 3.63) is 75.4 Å². The lowest BCUT2D eigenvalue weighted by molar-refractivity contribution is 0.340. The van der Waals surface area contributed by atoms with Crippen LogP contribution >= 0.6 is 23.1 Å². The predicted octanol–water partition coefficient (Wildman–Crippen LogP) is 5.90. The van der Waals surface area contributed by atoms with Gasteiger partial charge in [-0.2, -0.15) is 0 Å². The van der Waals surface area contributed by atoms with E-state index < -0.39 is 0 Å². The summed E-state index contributed by atoms with van der Waals surface area (Å²) >= 11 is 3.24. The minimum absolute atomic E-state index is 0.0232. The summed E-state index contributed by atoms with van der Waals surface area (Å²) < 4.78 is 13.2. The minimum atomic E-state index is 0.0232. The van der Waals surface area contributed by atoms with Gasteiger partial charge in [-0.25, -0.2) is 4.98 Å². The van der Waals surface area contributed by atoms with E-state index in [1.165, 1.54) is 16.9 Å². The van der Waals surface area contributed by atoms with E-state index in [1.807, 2.05) is 61.5 Å². The monoisotopic (exact) mass is 478 g/mol. The average Bonchev–Trinajstić information content (AvgIpc) is 3.22. The summed E-state index contributed by atoms with van der Waals surface area (Å²) in [6.45, 7) is 3.10. The fraction of sp³-hybridized carbons (Fsp3) is 0.308. The highest BCUT2D eigenvalue weighted by Crippen LogP contribution is 2.35. The van der Waals surface area contributed by atoms with Crippen molar-refractivity contribution in [2.24, 2.45) is 0 Å². The van der Waals surface area contributed by atoms with Gasteiger partial charge in [0.2, 0.25) is 0 Å². The number of hydrogen-bond donors (Lipinski definition) is 0. The summed E-state index contributed by atoms with van der Waals surface area (Å²) in [5.41, 5.74) is 2.04. The molecule has 0 amide bonds. The number of benzene rings is 2. The summed E-state index contributed by atoms with van der Waals surface area (Å²) in [6, 6.07) is 17.5. The van der Waals surface area contributed by atoms with Crippen LogP contribution in [0.15, 0.2) is 64.5 Å². The Morgan fingerprint density at radius 3 is 2.55 bits per heavy atom. The van der Waals surface area contributed by atoms with E-state index in [-0.39, 0.29) is 5.56 Å². The number of ether oxygens (including phenoxy) is 2. The molecule has 1 aliphatic rings. The van der Waals surface area contributed by atoms with Crippen molar-refractivity contribution in [3.63, 3.8) is 0 Å². The fourth-order valence-electron chi connectivity index (χ4n) is 4.18. The first-order valence-corrected chi connectivity index (χ1v) is 13.2. The molecule has 7 heteroatoms.